The summed E-state index contributed by atoms with van der Waals surface area (Å²) < 4.78 is 18.6. The quantitative estimate of drug-likeness (QED) is 0.764. The van der Waals surface area contributed by atoms with Crippen LogP contribution < -0.4 is 4.74 Å². The molecule has 19 heavy (non-hydrogen) atoms. The predicted octanol–water partition coefficient (Wildman–Crippen LogP) is 3.27. The zero-order valence-electron chi connectivity index (χ0n) is 9.75. The summed E-state index contributed by atoms with van der Waals surface area (Å²) in [5.41, 5.74) is 1.02. The van der Waals surface area contributed by atoms with E-state index in [1.54, 1.807) is 18.2 Å². The van der Waals surface area contributed by atoms with Crippen molar-refractivity contribution < 1.29 is 14.2 Å². The number of ether oxygens (including phenoxy) is 1. The molecule has 0 saturated carbocycles. The molecule has 5 heteroatoms. The SMILES string of the molecule is Oc1ccc(Oc2cnc3ccc(F)cc3n2)cc1. The summed E-state index contributed by atoms with van der Waals surface area (Å²) in [6.45, 7) is 0. The van der Waals surface area contributed by atoms with Gasteiger partial charge in [0.15, 0.2) is 0 Å². The second-order valence-corrected chi connectivity index (χ2v) is 3.94. The van der Waals surface area contributed by atoms with Crippen molar-refractivity contribution in [3.63, 3.8) is 0 Å². The molecule has 0 aliphatic carbocycles. The van der Waals surface area contributed by atoms with E-state index in [9.17, 15) is 4.39 Å². The molecular weight excluding hydrogens is 247 g/mol. The lowest BCUT2D eigenvalue weighted by Crippen LogP contribution is -1.91. The molecule has 0 spiro atoms. The lowest BCUT2D eigenvalue weighted by atomic mass is 10.3. The summed E-state index contributed by atoms with van der Waals surface area (Å²) in [7, 11) is 0. The highest BCUT2D eigenvalue weighted by atomic mass is 19.1. The number of aromatic hydroxyl groups is 1. The maximum absolute atomic E-state index is 13.1. The number of phenolic OH excluding ortho intramolecular Hbond substituents is 1. The molecule has 1 aromatic heterocycles. The predicted molar refractivity (Wildman–Crippen MR) is 67.7 cm³/mol. The fourth-order valence-corrected chi connectivity index (χ4v) is 1.65. The van der Waals surface area contributed by atoms with Crippen molar-refractivity contribution in [3.05, 3.63) is 54.5 Å². The van der Waals surface area contributed by atoms with Crippen LogP contribution in [0, 0.1) is 5.82 Å². The molecule has 4 nitrogen and oxygen atoms in total. The largest absolute Gasteiger partial charge is 0.508 e. The van der Waals surface area contributed by atoms with Gasteiger partial charge in [0.05, 0.1) is 17.2 Å². The summed E-state index contributed by atoms with van der Waals surface area (Å²) in [6, 6.07) is 10.4. The molecule has 0 aliphatic heterocycles. The summed E-state index contributed by atoms with van der Waals surface area (Å²) in [5, 5.41) is 9.17. The summed E-state index contributed by atoms with van der Waals surface area (Å²) >= 11 is 0. The van der Waals surface area contributed by atoms with Crippen LogP contribution in [-0.2, 0) is 0 Å². The molecule has 2 aromatic carbocycles. The number of aromatic nitrogens is 2. The smallest absolute Gasteiger partial charge is 0.238 e. The molecule has 1 N–H and O–H groups in total. The number of hydrogen-bond acceptors (Lipinski definition) is 4. The minimum absolute atomic E-state index is 0.152. The Morgan fingerprint density at radius 1 is 1.00 bits per heavy atom. The Balaban J connectivity index is 1.94. The van der Waals surface area contributed by atoms with E-state index in [1.165, 1.54) is 30.5 Å². The van der Waals surface area contributed by atoms with Crippen molar-refractivity contribution in [2.45, 2.75) is 0 Å². The molecule has 0 fully saturated rings. The second kappa shape index (κ2) is 4.53. The molecule has 1 heterocycles. The van der Waals surface area contributed by atoms with Crippen molar-refractivity contribution in [2.75, 3.05) is 0 Å². The van der Waals surface area contributed by atoms with E-state index in [1.807, 2.05) is 0 Å². The standard InChI is InChI=1S/C14H9FN2O2/c15-9-1-6-12-13(7-9)17-14(8-16-12)19-11-4-2-10(18)3-5-11/h1-8,18H. The van der Waals surface area contributed by atoms with Crippen molar-refractivity contribution in [2.24, 2.45) is 0 Å². The Hall–Kier alpha value is -2.69. The van der Waals surface area contributed by atoms with Gasteiger partial charge in [-0.1, -0.05) is 0 Å². The maximum Gasteiger partial charge on any atom is 0.238 e. The molecule has 0 saturated heterocycles. The van der Waals surface area contributed by atoms with Gasteiger partial charge in [-0.25, -0.2) is 14.4 Å². The van der Waals surface area contributed by atoms with Gasteiger partial charge in [-0.15, -0.1) is 0 Å². The van der Waals surface area contributed by atoms with Crippen LogP contribution >= 0.6 is 0 Å². The number of nitrogens with zero attached hydrogens (tertiary/aromatic N) is 2. The highest BCUT2D eigenvalue weighted by Crippen LogP contribution is 2.23. The van der Waals surface area contributed by atoms with E-state index in [2.05, 4.69) is 9.97 Å². The van der Waals surface area contributed by atoms with Crippen LogP contribution in [0.2, 0.25) is 0 Å². The second-order valence-electron chi connectivity index (χ2n) is 3.94. The topological polar surface area (TPSA) is 55.2 Å². The van der Waals surface area contributed by atoms with Crippen LogP contribution in [0.25, 0.3) is 11.0 Å². The molecule has 3 aromatic rings. The first-order valence-electron chi connectivity index (χ1n) is 5.60. The first-order chi connectivity index (χ1) is 9.20. The molecular formula is C14H9FN2O2. The van der Waals surface area contributed by atoms with Gasteiger partial charge in [0.25, 0.3) is 0 Å². The van der Waals surface area contributed by atoms with Gasteiger partial charge in [-0.2, -0.15) is 0 Å². The molecule has 94 valence electrons. The number of phenols is 1. The average Bonchev–Trinajstić information content (AvgIpc) is 2.41. The fraction of sp³-hybridized carbons (Fsp3) is 0. The van der Waals surface area contributed by atoms with Crippen molar-refractivity contribution in [3.8, 4) is 17.4 Å². The molecule has 0 radical (unpaired) electrons. The van der Waals surface area contributed by atoms with Crippen LogP contribution in [0.3, 0.4) is 0 Å². The third-order valence-corrected chi connectivity index (χ3v) is 2.54. The van der Waals surface area contributed by atoms with Crippen LogP contribution in [-0.4, -0.2) is 15.1 Å². The first kappa shape index (κ1) is 11.4. The van der Waals surface area contributed by atoms with E-state index in [-0.39, 0.29) is 17.4 Å². The summed E-state index contributed by atoms with van der Waals surface area (Å²) in [5.74, 6) is 0.564. The summed E-state index contributed by atoms with van der Waals surface area (Å²) in [6.07, 6.45) is 1.47. The van der Waals surface area contributed by atoms with Gasteiger partial charge < -0.3 is 9.84 Å². The zero-order chi connectivity index (χ0) is 13.2. The van der Waals surface area contributed by atoms with Crippen LogP contribution in [0.15, 0.2) is 48.7 Å². The monoisotopic (exact) mass is 256 g/mol. The Morgan fingerprint density at radius 2 is 1.79 bits per heavy atom. The molecule has 0 aliphatic rings. The molecule has 0 unspecified atom stereocenters. The molecule has 3 rings (SSSR count). The van der Waals surface area contributed by atoms with Gasteiger partial charge in [-0.3, -0.25) is 0 Å². The zero-order valence-corrected chi connectivity index (χ0v) is 9.75. The number of fused-ring (bicyclic) bond motifs is 1. The minimum atomic E-state index is -0.372. The van der Waals surface area contributed by atoms with E-state index in [0.29, 0.717) is 16.8 Å². The minimum Gasteiger partial charge on any atom is -0.508 e. The van der Waals surface area contributed by atoms with Crippen LogP contribution in [0.4, 0.5) is 4.39 Å². The average molecular weight is 256 g/mol. The van der Waals surface area contributed by atoms with Crippen molar-refractivity contribution in [1.82, 2.24) is 9.97 Å². The van der Waals surface area contributed by atoms with Gasteiger partial charge in [-0.05, 0) is 36.4 Å². The number of hydrogen-bond donors (Lipinski definition) is 1. The third kappa shape index (κ3) is 2.44. The fourth-order valence-electron chi connectivity index (χ4n) is 1.65. The lowest BCUT2D eigenvalue weighted by Gasteiger charge is -2.05. The Bertz CT molecular complexity index is 729. The van der Waals surface area contributed by atoms with Gasteiger partial charge in [0.1, 0.15) is 17.3 Å². The van der Waals surface area contributed by atoms with E-state index in [4.69, 9.17) is 9.84 Å². The third-order valence-electron chi connectivity index (χ3n) is 2.54. The Labute approximate surface area is 108 Å². The first-order valence-corrected chi connectivity index (χ1v) is 5.60. The highest BCUT2D eigenvalue weighted by molar-refractivity contribution is 5.74. The molecule has 0 atom stereocenters. The number of rotatable bonds is 2. The van der Waals surface area contributed by atoms with Crippen LogP contribution in [0.1, 0.15) is 0 Å². The van der Waals surface area contributed by atoms with Gasteiger partial charge in [0, 0.05) is 6.07 Å². The van der Waals surface area contributed by atoms with E-state index >= 15 is 0 Å². The highest BCUT2D eigenvalue weighted by Gasteiger charge is 2.03. The Kier molecular flexibility index (Phi) is 2.72. The van der Waals surface area contributed by atoms with E-state index < -0.39 is 0 Å². The van der Waals surface area contributed by atoms with Crippen molar-refractivity contribution in [1.29, 1.82) is 0 Å². The molecule has 0 amide bonds. The molecule has 0 bridgehead atoms. The van der Waals surface area contributed by atoms with Crippen LogP contribution in [0.5, 0.6) is 17.4 Å². The lowest BCUT2D eigenvalue weighted by molar-refractivity contribution is 0.454. The Morgan fingerprint density at radius 3 is 2.58 bits per heavy atom. The maximum atomic E-state index is 13.1. The van der Waals surface area contributed by atoms with Gasteiger partial charge >= 0.3 is 0 Å². The normalized spacial score (nSPS) is 10.6. The summed E-state index contributed by atoms with van der Waals surface area (Å²) in [4.78, 5) is 8.30. The number of benzene rings is 2. The van der Waals surface area contributed by atoms with E-state index in [0.717, 1.165) is 0 Å². The number of halogens is 1. The van der Waals surface area contributed by atoms with Crippen molar-refractivity contribution >= 4 is 11.0 Å². The van der Waals surface area contributed by atoms with Gasteiger partial charge in [0.2, 0.25) is 5.88 Å².